The van der Waals surface area contributed by atoms with Crippen molar-refractivity contribution >= 4 is 0 Å². The maximum absolute atomic E-state index is 14.3. The Morgan fingerprint density at radius 1 is 1.00 bits per heavy atom. The van der Waals surface area contributed by atoms with Crippen molar-refractivity contribution in [3.05, 3.63) is 86.0 Å². The summed E-state index contributed by atoms with van der Waals surface area (Å²) in [6.45, 7) is -1.03. The zero-order valence-electron chi connectivity index (χ0n) is 13.6. The van der Waals surface area contributed by atoms with Crippen LogP contribution in [0.4, 0.5) is 13.2 Å². The minimum Gasteiger partial charge on any atom is -0.466 e. The predicted molar refractivity (Wildman–Crippen MR) is 86.6 cm³/mol. The number of fused-ring (bicyclic) bond motifs is 1. The first-order valence-corrected chi connectivity index (χ1v) is 7.84. The molecule has 2 aromatic carbocycles. The van der Waals surface area contributed by atoms with E-state index < -0.39 is 45.7 Å². The van der Waals surface area contributed by atoms with Gasteiger partial charge in [-0.3, -0.25) is 20.2 Å². The molecule has 27 heavy (non-hydrogen) atoms. The Kier molecular flexibility index (Phi) is 4.50. The molecule has 1 aliphatic rings. The van der Waals surface area contributed by atoms with Gasteiger partial charge in [0.1, 0.15) is 11.7 Å². The fourth-order valence-electron chi connectivity index (χ4n) is 3.53. The van der Waals surface area contributed by atoms with Crippen molar-refractivity contribution < 1.29 is 27.8 Å². The fourth-order valence-corrected chi connectivity index (χ4v) is 3.53. The molecular formula is C17H13F3N2O5. The van der Waals surface area contributed by atoms with Gasteiger partial charge in [0.05, 0.1) is 0 Å². The Balaban J connectivity index is 2.35. The molecule has 0 spiro atoms. The Morgan fingerprint density at radius 2 is 1.59 bits per heavy atom. The zero-order valence-corrected chi connectivity index (χ0v) is 13.6. The van der Waals surface area contributed by atoms with Gasteiger partial charge in [-0.2, -0.15) is 13.2 Å². The number of nitro groups is 2. The molecule has 7 nitrogen and oxygen atoms in total. The molecule has 0 N–H and O–H groups in total. The Hall–Kier alpha value is -3.17. The number of hydrogen-bond acceptors (Lipinski definition) is 5. The predicted octanol–water partition coefficient (Wildman–Crippen LogP) is 3.54. The second-order valence-corrected chi connectivity index (χ2v) is 6.09. The number of alkyl halides is 3. The molecule has 142 valence electrons. The van der Waals surface area contributed by atoms with Gasteiger partial charge in [-0.15, -0.1) is 0 Å². The summed E-state index contributed by atoms with van der Waals surface area (Å²) in [5, 5.41) is 22.9. The van der Waals surface area contributed by atoms with E-state index in [1.165, 1.54) is 42.5 Å². The standard InChI is InChI=1S/C17H13F3N2O5/c18-17(19,20)16(11-6-2-1-3-7-11)15(22(25)26)13(10-21(23)24)12-8-4-5-9-14(12)27-16/h1-9,13,15H,10H2. The Labute approximate surface area is 150 Å². The molecule has 1 aliphatic heterocycles. The van der Waals surface area contributed by atoms with Crippen molar-refractivity contribution in [1.82, 2.24) is 0 Å². The highest BCUT2D eigenvalue weighted by molar-refractivity contribution is 5.44. The van der Waals surface area contributed by atoms with Crippen LogP contribution in [0.15, 0.2) is 54.6 Å². The van der Waals surface area contributed by atoms with E-state index >= 15 is 0 Å². The quantitative estimate of drug-likeness (QED) is 0.595. The molecule has 0 amide bonds. The third kappa shape index (κ3) is 2.96. The molecule has 2 aromatic rings. The van der Waals surface area contributed by atoms with Gasteiger partial charge < -0.3 is 4.74 Å². The van der Waals surface area contributed by atoms with Gasteiger partial charge in [0.15, 0.2) is 0 Å². The summed E-state index contributed by atoms with van der Waals surface area (Å²) < 4.78 is 48.2. The largest absolute Gasteiger partial charge is 0.466 e. The van der Waals surface area contributed by atoms with Crippen LogP contribution < -0.4 is 4.74 Å². The second kappa shape index (κ2) is 6.53. The van der Waals surface area contributed by atoms with E-state index in [1.54, 1.807) is 0 Å². The first-order valence-electron chi connectivity index (χ1n) is 7.84. The monoisotopic (exact) mass is 382 g/mol. The molecule has 3 atom stereocenters. The average Bonchev–Trinajstić information content (AvgIpc) is 2.60. The minimum atomic E-state index is -5.20. The van der Waals surface area contributed by atoms with Crippen LogP contribution in [0, 0.1) is 20.2 Å². The van der Waals surface area contributed by atoms with Crippen LogP contribution in [0.2, 0.25) is 0 Å². The lowest BCUT2D eigenvalue weighted by molar-refractivity contribution is -0.580. The lowest BCUT2D eigenvalue weighted by Crippen LogP contribution is -2.63. The van der Waals surface area contributed by atoms with E-state index in [2.05, 4.69) is 0 Å². The van der Waals surface area contributed by atoms with Crippen LogP contribution in [0.3, 0.4) is 0 Å². The molecule has 0 saturated heterocycles. The zero-order chi connectivity index (χ0) is 19.8. The molecular weight excluding hydrogens is 369 g/mol. The number of nitrogens with zero attached hydrogens (tertiary/aromatic N) is 2. The van der Waals surface area contributed by atoms with Crippen molar-refractivity contribution in [3.63, 3.8) is 0 Å². The number of para-hydroxylation sites is 1. The summed E-state index contributed by atoms with van der Waals surface area (Å²) in [7, 11) is 0. The average molecular weight is 382 g/mol. The van der Waals surface area contributed by atoms with Crippen molar-refractivity contribution in [2.45, 2.75) is 23.7 Å². The van der Waals surface area contributed by atoms with Gasteiger partial charge >= 0.3 is 6.18 Å². The van der Waals surface area contributed by atoms with Gasteiger partial charge in [-0.25, -0.2) is 0 Å². The van der Waals surface area contributed by atoms with Gasteiger partial charge in [-0.1, -0.05) is 48.5 Å². The summed E-state index contributed by atoms with van der Waals surface area (Å²) in [5.41, 5.74) is -3.83. The van der Waals surface area contributed by atoms with Gasteiger partial charge in [0.25, 0.3) is 11.6 Å². The topological polar surface area (TPSA) is 95.5 Å². The molecule has 0 radical (unpaired) electrons. The van der Waals surface area contributed by atoms with Crippen LogP contribution in [0.5, 0.6) is 5.75 Å². The number of rotatable bonds is 4. The molecule has 3 rings (SSSR count). The number of benzene rings is 2. The molecule has 0 saturated carbocycles. The lowest BCUT2D eigenvalue weighted by Gasteiger charge is -2.43. The second-order valence-electron chi connectivity index (χ2n) is 6.09. The molecule has 3 unspecified atom stereocenters. The lowest BCUT2D eigenvalue weighted by atomic mass is 9.74. The maximum atomic E-state index is 14.3. The van der Waals surface area contributed by atoms with Crippen LogP contribution >= 0.6 is 0 Å². The van der Waals surface area contributed by atoms with Crippen LogP contribution in [-0.2, 0) is 5.60 Å². The highest BCUT2D eigenvalue weighted by atomic mass is 19.4. The Morgan fingerprint density at radius 3 is 2.15 bits per heavy atom. The molecule has 0 bridgehead atoms. The SMILES string of the molecule is O=[N+]([O-])CC1c2ccccc2OC(c2ccccc2)(C(F)(F)F)C1[N+](=O)[O-]. The van der Waals surface area contributed by atoms with Crippen LogP contribution in [-0.4, -0.2) is 28.6 Å². The number of halogens is 3. The fraction of sp³-hybridized carbons (Fsp3) is 0.294. The van der Waals surface area contributed by atoms with E-state index in [0.29, 0.717) is 0 Å². The van der Waals surface area contributed by atoms with E-state index in [4.69, 9.17) is 4.74 Å². The summed E-state index contributed by atoms with van der Waals surface area (Å²) in [5.74, 6) is -1.88. The molecule has 0 fully saturated rings. The number of ether oxygens (including phenoxy) is 1. The van der Waals surface area contributed by atoms with E-state index in [-0.39, 0.29) is 11.3 Å². The summed E-state index contributed by atoms with van der Waals surface area (Å²) >= 11 is 0. The van der Waals surface area contributed by atoms with Crippen LogP contribution in [0.1, 0.15) is 17.0 Å². The highest BCUT2D eigenvalue weighted by Gasteiger charge is 2.73. The van der Waals surface area contributed by atoms with Crippen LogP contribution in [0.25, 0.3) is 0 Å². The maximum Gasteiger partial charge on any atom is 0.439 e. The van der Waals surface area contributed by atoms with E-state index in [9.17, 15) is 33.4 Å². The molecule has 1 heterocycles. The molecule has 0 aromatic heterocycles. The van der Waals surface area contributed by atoms with E-state index in [1.807, 2.05) is 0 Å². The minimum absolute atomic E-state index is 0.00621. The molecule has 10 heteroatoms. The van der Waals surface area contributed by atoms with Gasteiger partial charge in [0.2, 0.25) is 6.54 Å². The summed E-state index contributed by atoms with van der Waals surface area (Å²) in [4.78, 5) is 20.9. The Bertz CT molecular complexity index is 874. The summed E-state index contributed by atoms with van der Waals surface area (Å²) in [6.07, 6.45) is -5.20. The smallest absolute Gasteiger partial charge is 0.439 e. The van der Waals surface area contributed by atoms with Gasteiger partial charge in [0, 0.05) is 21.0 Å². The van der Waals surface area contributed by atoms with E-state index in [0.717, 1.165) is 12.1 Å². The van der Waals surface area contributed by atoms with Crippen molar-refractivity contribution in [3.8, 4) is 5.75 Å². The first kappa shape index (κ1) is 18.6. The normalized spacial score (nSPS) is 24.6. The van der Waals surface area contributed by atoms with Gasteiger partial charge in [-0.05, 0) is 6.07 Å². The van der Waals surface area contributed by atoms with Crippen molar-refractivity contribution in [2.24, 2.45) is 0 Å². The van der Waals surface area contributed by atoms with Crippen molar-refractivity contribution in [1.29, 1.82) is 0 Å². The van der Waals surface area contributed by atoms with Crippen molar-refractivity contribution in [2.75, 3.05) is 6.54 Å². The third-order valence-corrected chi connectivity index (χ3v) is 4.58. The number of hydrogen-bond donors (Lipinski definition) is 0. The highest BCUT2D eigenvalue weighted by Crippen LogP contribution is 2.54. The first-order chi connectivity index (χ1) is 12.7. The molecule has 0 aliphatic carbocycles. The summed E-state index contributed by atoms with van der Waals surface area (Å²) in [6, 6.07) is 9.14. The third-order valence-electron chi connectivity index (χ3n) is 4.58.